The van der Waals surface area contributed by atoms with Gasteiger partial charge < -0.3 is 24.7 Å². The van der Waals surface area contributed by atoms with Gasteiger partial charge in [0.05, 0.1) is 13.2 Å². The molecule has 1 aromatic heterocycles. The minimum atomic E-state index is -0.368. The molecule has 2 N–H and O–H groups in total. The number of esters is 1. The Morgan fingerprint density at radius 3 is 2.49 bits per heavy atom. The fourth-order valence-corrected chi connectivity index (χ4v) is 4.63. The van der Waals surface area contributed by atoms with Gasteiger partial charge in [-0.3, -0.25) is 9.59 Å². The fraction of sp³-hybridized carbons (Fsp3) is 0.519. The Morgan fingerprint density at radius 2 is 1.80 bits per heavy atom. The quantitative estimate of drug-likeness (QED) is 0.502. The second kappa shape index (κ2) is 12.4. The third-order valence-electron chi connectivity index (χ3n) is 6.61. The lowest BCUT2D eigenvalue weighted by Crippen LogP contribution is -2.43. The van der Waals surface area contributed by atoms with Crippen molar-refractivity contribution in [2.24, 2.45) is 5.92 Å². The van der Waals surface area contributed by atoms with E-state index >= 15 is 0 Å². The smallest absolute Gasteiger partial charge is 0.355 e. The van der Waals surface area contributed by atoms with Gasteiger partial charge in [0.2, 0.25) is 11.8 Å². The SMILES string of the molecule is CCOC(=O)c1[nH]c(C)c(CCC(=O)N2CCC(C(=O)NCc3ccccc3OCC)CC2)c1C. The summed E-state index contributed by atoms with van der Waals surface area (Å²) in [4.78, 5) is 42.6. The first kappa shape index (κ1) is 26.3. The van der Waals surface area contributed by atoms with E-state index in [0.717, 1.165) is 28.1 Å². The van der Waals surface area contributed by atoms with Crippen molar-refractivity contribution in [2.75, 3.05) is 26.3 Å². The molecular formula is C27H37N3O5. The second-order valence-electron chi connectivity index (χ2n) is 8.86. The van der Waals surface area contributed by atoms with Crippen LogP contribution >= 0.6 is 0 Å². The molecule has 2 heterocycles. The number of aromatic amines is 1. The topological polar surface area (TPSA) is 101 Å². The summed E-state index contributed by atoms with van der Waals surface area (Å²) in [5, 5.41) is 3.03. The third-order valence-corrected chi connectivity index (χ3v) is 6.61. The number of aromatic nitrogens is 1. The van der Waals surface area contributed by atoms with E-state index in [2.05, 4.69) is 10.3 Å². The highest BCUT2D eigenvalue weighted by molar-refractivity contribution is 5.90. The van der Waals surface area contributed by atoms with Crippen LogP contribution in [0.5, 0.6) is 5.75 Å². The first-order valence-corrected chi connectivity index (χ1v) is 12.5. The van der Waals surface area contributed by atoms with Crippen molar-refractivity contribution >= 4 is 17.8 Å². The number of hydrogen-bond acceptors (Lipinski definition) is 5. The zero-order valence-electron chi connectivity index (χ0n) is 21.2. The van der Waals surface area contributed by atoms with Gasteiger partial charge in [-0.15, -0.1) is 0 Å². The van der Waals surface area contributed by atoms with Crippen LogP contribution in [-0.4, -0.2) is 54.0 Å². The van der Waals surface area contributed by atoms with Crippen molar-refractivity contribution in [3.8, 4) is 5.75 Å². The Bertz CT molecular complexity index is 1040. The molecule has 190 valence electrons. The first-order valence-electron chi connectivity index (χ1n) is 12.5. The lowest BCUT2D eigenvalue weighted by atomic mass is 9.95. The van der Waals surface area contributed by atoms with E-state index in [9.17, 15) is 14.4 Å². The minimum Gasteiger partial charge on any atom is -0.494 e. The molecule has 35 heavy (non-hydrogen) atoms. The van der Waals surface area contributed by atoms with Crippen LogP contribution in [0.4, 0.5) is 0 Å². The van der Waals surface area contributed by atoms with E-state index in [4.69, 9.17) is 9.47 Å². The molecule has 0 aliphatic carbocycles. The van der Waals surface area contributed by atoms with Gasteiger partial charge in [-0.25, -0.2) is 4.79 Å². The maximum absolute atomic E-state index is 12.8. The molecule has 0 saturated carbocycles. The van der Waals surface area contributed by atoms with Crippen molar-refractivity contribution in [2.45, 2.75) is 59.9 Å². The number of amides is 2. The summed E-state index contributed by atoms with van der Waals surface area (Å²) < 4.78 is 10.7. The molecule has 2 amide bonds. The van der Waals surface area contributed by atoms with Crippen molar-refractivity contribution in [3.05, 3.63) is 52.3 Å². The zero-order chi connectivity index (χ0) is 25.4. The molecule has 0 spiro atoms. The van der Waals surface area contributed by atoms with E-state index in [1.165, 1.54) is 0 Å². The molecule has 1 fully saturated rings. The van der Waals surface area contributed by atoms with Gasteiger partial charge in [-0.05, 0) is 64.2 Å². The molecule has 1 aliphatic heterocycles. The van der Waals surface area contributed by atoms with Gasteiger partial charge in [-0.2, -0.15) is 0 Å². The number of carbonyl (C=O) groups excluding carboxylic acids is 3. The Labute approximate surface area is 207 Å². The molecule has 3 rings (SSSR count). The minimum absolute atomic E-state index is 0.0217. The number of rotatable bonds is 10. The molecule has 1 aliphatic rings. The number of nitrogens with zero attached hydrogens (tertiary/aromatic N) is 1. The molecule has 0 atom stereocenters. The van der Waals surface area contributed by atoms with E-state index in [0.29, 0.717) is 64.2 Å². The fourth-order valence-electron chi connectivity index (χ4n) is 4.63. The molecular weight excluding hydrogens is 446 g/mol. The number of carbonyl (C=O) groups is 3. The summed E-state index contributed by atoms with van der Waals surface area (Å²) in [6, 6.07) is 7.71. The predicted molar refractivity (Wildman–Crippen MR) is 133 cm³/mol. The van der Waals surface area contributed by atoms with Crippen LogP contribution in [0.2, 0.25) is 0 Å². The molecule has 1 saturated heterocycles. The Hall–Kier alpha value is -3.29. The zero-order valence-corrected chi connectivity index (χ0v) is 21.2. The Morgan fingerprint density at radius 1 is 1.09 bits per heavy atom. The van der Waals surface area contributed by atoms with Gasteiger partial charge in [0.1, 0.15) is 11.4 Å². The van der Waals surface area contributed by atoms with Crippen LogP contribution in [0.15, 0.2) is 24.3 Å². The monoisotopic (exact) mass is 483 g/mol. The van der Waals surface area contributed by atoms with E-state index < -0.39 is 0 Å². The van der Waals surface area contributed by atoms with Crippen LogP contribution in [-0.2, 0) is 27.3 Å². The predicted octanol–water partition coefficient (Wildman–Crippen LogP) is 3.69. The van der Waals surface area contributed by atoms with Crippen LogP contribution in [0.1, 0.15) is 66.0 Å². The van der Waals surface area contributed by atoms with Crippen LogP contribution in [0, 0.1) is 19.8 Å². The molecule has 0 unspecified atom stereocenters. The summed E-state index contributed by atoms with van der Waals surface area (Å²) in [5.74, 6) is 0.422. The molecule has 8 heteroatoms. The Kier molecular flexibility index (Phi) is 9.34. The first-order chi connectivity index (χ1) is 16.8. The largest absolute Gasteiger partial charge is 0.494 e. The van der Waals surface area contributed by atoms with Crippen molar-refractivity contribution in [3.63, 3.8) is 0 Å². The highest BCUT2D eigenvalue weighted by Gasteiger charge is 2.27. The number of piperidine rings is 1. The second-order valence-corrected chi connectivity index (χ2v) is 8.86. The van der Waals surface area contributed by atoms with Crippen LogP contribution in [0.25, 0.3) is 0 Å². The number of H-pyrrole nitrogens is 1. The number of benzene rings is 1. The lowest BCUT2D eigenvalue weighted by Gasteiger charge is -2.31. The maximum Gasteiger partial charge on any atom is 0.355 e. The van der Waals surface area contributed by atoms with Gasteiger partial charge >= 0.3 is 5.97 Å². The van der Waals surface area contributed by atoms with Crippen molar-refractivity contribution < 1.29 is 23.9 Å². The normalized spacial score (nSPS) is 14.0. The number of aryl methyl sites for hydroxylation is 1. The number of para-hydroxylation sites is 1. The van der Waals surface area contributed by atoms with Crippen molar-refractivity contribution in [1.29, 1.82) is 0 Å². The highest BCUT2D eigenvalue weighted by Crippen LogP contribution is 2.23. The molecule has 8 nitrogen and oxygen atoms in total. The average Bonchev–Trinajstić information content (AvgIpc) is 3.15. The van der Waals surface area contributed by atoms with E-state index in [-0.39, 0.29) is 23.7 Å². The third kappa shape index (κ3) is 6.65. The Balaban J connectivity index is 1.46. The molecule has 0 radical (unpaired) electrons. The lowest BCUT2D eigenvalue weighted by molar-refractivity contribution is -0.135. The maximum atomic E-state index is 12.8. The molecule has 2 aromatic rings. The number of nitrogens with one attached hydrogen (secondary N) is 2. The van der Waals surface area contributed by atoms with E-state index in [1.807, 2.05) is 49.9 Å². The standard InChI is InChI=1S/C27H37N3O5/c1-5-34-23-10-8-7-9-21(23)17-28-26(32)20-13-15-30(16-14-20)24(31)12-11-22-18(3)25(29-19(22)4)27(33)35-6-2/h7-10,20,29H,5-6,11-17H2,1-4H3,(H,28,32). The molecule has 1 aromatic carbocycles. The van der Waals surface area contributed by atoms with Crippen molar-refractivity contribution in [1.82, 2.24) is 15.2 Å². The van der Waals surface area contributed by atoms with Crippen LogP contribution < -0.4 is 10.1 Å². The van der Waals surface area contributed by atoms with Crippen LogP contribution in [0.3, 0.4) is 0 Å². The highest BCUT2D eigenvalue weighted by atomic mass is 16.5. The van der Waals surface area contributed by atoms with Gasteiger partial charge in [-0.1, -0.05) is 18.2 Å². The summed E-state index contributed by atoms with van der Waals surface area (Å²) in [6.07, 6.45) is 2.23. The number of likely N-dealkylation sites (tertiary alicyclic amines) is 1. The van der Waals surface area contributed by atoms with Gasteiger partial charge in [0, 0.05) is 43.2 Å². The average molecular weight is 484 g/mol. The van der Waals surface area contributed by atoms with E-state index in [1.54, 1.807) is 6.92 Å². The number of ether oxygens (including phenoxy) is 2. The summed E-state index contributed by atoms with van der Waals surface area (Å²) >= 11 is 0. The van der Waals surface area contributed by atoms with Gasteiger partial charge in [0.25, 0.3) is 0 Å². The van der Waals surface area contributed by atoms with Gasteiger partial charge in [0.15, 0.2) is 0 Å². The summed E-state index contributed by atoms with van der Waals surface area (Å²) in [6.45, 7) is 9.97. The number of hydrogen-bond donors (Lipinski definition) is 2. The molecule has 0 bridgehead atoms. The summed E-state index contributed by atoms with van der Waals surface area (Å²) in [7, 11) is 0. The summed E-state index contributed by atoms with van der Waals surface area (Å²) in [5.41, 5.74) is 4.14.